The number of halogens is 1. The van der Waals surface area contributed by atoms with Crippen LogP contribution in [0.2, 0.25) is 0 Å². The van der Waals surface area contributed by atoms with Gasteiger partial charge < -0.3 is 52.2 Å². The van der Waals surface area contributed by atoms with E-state index >= 15 is 0 Å². The van der Waals surface area contributed by atoms with E-state index in [2.05, 4.69) is 11.9 Å². The van der Waals surface area contributed by atoms with Crippen LogP contribution in [0.15, 0.2) is 60.9 Å². The molecule has 154 valence electrons. The molecule has 0 spiro atoms. The van der Waals surface area contributed by atoms with Crippen molar-refractivity contribution in [3.63, 3.8) is 0 Å². The highest BCUT2D eigenvalue weighted by Gasteiger charge is 1.89. The van der Waals surface area contributed by atoms with Crippen LogP contribution >= 0.6 is 11.8 Å². The van der Waals surface area contributed by atoms with Crippen LogP contribution in [-0.4, -0.2) is 11.4 Å². The quantitative estimate of drug-likeness (QED) is 0.114. The summed E-state index contributed by atoms with van der Waals surface area (Å²) in [7, 11) is 0. The lowest BCUT2D eigenvalue weighted by molar-refractivity contribution is -0.110. The smallest absolute Gasteiger partial charge is 0.299 e. The third-order valence-electron chi connectivity index (χ3n) is 2.39. The molecule has 2 aromatic rings. The number of anilines is 4. The third kappa shape index (κ3) is 19.9. The zero-order chi connectivity index (χ0) is 18.5. The minimum atomic E-state index is 0. The second-order valence-corrected chi connectivity index (χ2v) is 5.43. The number of nitrogen functional groups attached to an aromatic ring is 3. The molecule has 0 radical (unpaired) electrons. The maximum absolute atomic E-state index is 5.48. The van der Waals surface area contributed by atoms with Gasteiger partial charge in [0.15, 0.2) is 0 Å². The van der Waals surface area contributed by atoms with Gasteiger partial charge in [-0.1, -0.05) is 21.4 Å². The molecule has 0 amide bonds. The fraction of sp³-hybridized carbons (Fsp3) is 0.167. The van der Waals surface area contributed by atoms with Gasteiger partial charge in [0.25, 0.3) is 5.17 Å². The van der Waals surface area contributed by atoms with Gasteiger partial charge in [0.2, 0.25) is 0 Å². The minimum absolute atomic E-state index is 0. The lowest BCUT2D eigenvalue weighted by Crippen LogP contribution is -3.00. The summed E-state index contributed by atoms with van der Waals surface area (Å²) in [6.45, 7) is 3.51. The highest BCUT2D eigenvalue weighted by atomic mass is 127. The van der Waals surface area contributed by atoms with Crippen molar-refractivity contribution >= 4 is 39.7 Å². The first kappa shape index (κ1) is 32.4. The van der Waals surface area contributed by atoms with Gasteiger partial charge in [-0.05, 0) is 66.5 Å². The van der Waals surface area contributed by atoms with E-state index in [9.17, 15) is 0 Å². The van der Waals surface area contributed by atoms with Crippen LogP contribution in [0.25, 0.3) is 0 Å². The van der Waals surface area contributed by atoms with Crippen LogP contribution in [0.5, 0.6) is 0 Å². The monoisotopic (exact) mass is 507 g/mol. The summed E-state index contributed by atoms with van der Waals surface area (Å²) in [5.74, 6) is 0.426. The Morgan fingerprint density at radius 3 is 1.33 bits per heavy atom. The summed E-state index contributed by atoms with van der Waals surface area (Å²) in [4.78, 5) is 0. The second-order valence-electron chi connectivity index (χ2n) is 4.55. The molecule has 13 N–H and O–H groups in total. The van der Waals surface area contributed by atoms with E-state index in [0.717, 1.165) is 22.7 Å². The van der Waals surface area contributed by atoms with E-state index in [-0.39, 0.29) is 38.8 Å². The summed E-state index contributed by atoms with van der Waals surface area (Å²) >= 11 is 1.35. The molecule has 0 aliphatic carbocycles. The Bertz CT molecular complexity index is 610. The standard InChI is InChI=1S/C8H11N3.C6H8N2.C2H6N2S.2CH4.HI/c1-6(9)11-8-4-2-7(10)3-5-8;7-5-1-2-6(8)4-3-5;1-5-2(3)4;;;/h2-5,11H,1,9-10H2;1-4H,7-8H2;1H3,(H3,3,4);2*1H4;1H. The molecule has 0 fully saturated rings. The van der Waals surface area contributed by atoms with Crippen LogP contribution < -0.4 is 63.4 Å². The van der Waals surface area contributed by atoms with Gasteiger partial charge in [0, 0.05) is 22.7 Å². The maximum Gasteiger partial charge on any atom is 0.299 e. The van der Waals surface area contributed by atoms with Crippen LogP contribution in [-0.2, 0) is 0 Å². The molecule has 0 saturated heterocycles. The van der Waals surface area contributed by atoms with Gasteiger partial charge in [-0.15, -0.1) is 0 Å². The molecule has 0 atom stereocenters. The molecule has 9 heteroatoms. The summed E-state index contributed by atoms with van der Waals surface area (Å²) < 4.78 is 0. The highest BCUT2D eigenvalue weighted by Crippen LogP contribution is 2.10. The van der Waals surface area contributed by atoms with E-state index in [1.54, 1.807) is 36.4 Å². The third-order valence-corrected chi connectivity index (χ3v) is 2.86. The number of hydrogen-bond donors (Lipinski definition) is 7. The van der Waals surface area contributed by atoms with Gasteiger partial charge in [0.05, 0.1) is 5.82 Å². The van der Waals surface area contributed by atoms with Crippen molar-refractivity contribution in [2.45, 2.75) is 14.9 Å². The molecule has 27 heavy (non-hydrogen) atoms. The van der Waals surface area contributed by atoms with Crippen molar-refractivity contribution < 1.29 is 29.4 Å². The zero-order valence-corrected chi connectivity index (χ0v) is 17.1. The van der Waals surface area contributed by atoms with Crippen molar-refractivity contribution in [1.29, 1.82) is 0 Å². The molecule has 0 aromatic heterocycles. The topological polar surface area (TPSA) is 168 Å². The normalized spacial score (nSPS) is 7.74. The fourth-order valence-electron chi connectivity index (χ4n) is 1.25. The largest absolute Gasteiger partial charge is 1.00 e. The SMILES string of the molecule is C.C.C=C(N)Nc1ccc(N)cc1.CSC(N)=[NH2+].Nc1ccc(N)cc1.[I-]. The molecule has 0 heterocycles. The molecule has 0 saturated carbocycles. The van der Waals surface area contributed by atoms with Crippen molar-refractivity contribution in [3.05, 3.63) is 60.9 Å². The molecule has 7 nitrogen and oxygen atoms in total. The van der Waals surface area contributed by atoms with Crippen LogP contribution in [0, 0.1) is 0 Å². The van der Waals surface area contributed by atoms with Crippen LogP contribution in [0.3, 0.4) is 0 Å². The Kier molecular flexibility index (Phi) is 22.2. The number of thioether (sulfide) groups is 1. The molecule has 0 aliphatic rings. The van der Waals surface area contributed by atoms with Gasteiger partial charge in [0.1, 0.15) is 0 Å². The minimum Gasteiger partial charge on any atom is -1.00 e. The van der Waals surface area contributed by atoms with Gasteiger partial charge in [-0.3, -0.25) is 11.1 Å². The Balaban J connectivity index is -0.000000148. The number of nitrogens with one attached hydrogen (secondary N) is 1. The first-order valence-electron chi connectivity index (χ1n) is 6.84. The lowest BCUT2D eigenvalue weighted by Gasteiger charge is -2.03. The van der Waals surface area contributed by atoms with Gasteiger partial charge >= 0.3 is 0 Å². The number of benzene rings is 2. The number of nitrogens with two attached hydrogens (primary N) is 6. The molecule has 0 aliphatic heterocycles. The summed E-state index contributed by atoms with van der Waals surface area (Å²) in [6.07, 6.45) is 1.83. The zero-order valence-electron chi connectivity index (χ0n) is 14.1. The van der Waals surface area contributed by atoms with E-state index < -0.39 is 0 Å². The Morgan fingerprint density at radius 2 is 1.11 bits per heavy atom. The summed E-state index contributed by atoms with van der Waals surface area (Å²) in [5, 5.41) is 8.23. The fourth-order valence-corrected chi connectivity index (χ4v) is 1.25. The van der Waals surface area contributed by atoms with Crippen molar-refractivity contribution in [3.8, 4) is 0 Å². The number of rotatable bonds is 2. The predicted molar refractivity (Wildman–Crippen MR) is 121 cm³/mol. The highest BCUT2D eigenvalue weighted by molar-refractivity contribution is 8.12. The molecule has 0 unspecified atom stereocenters. The Hall–Kier alpha value is -2.27. The maximum atomic E-state index is 5.48. The molecule has 2 rings (SSSR count). The second kappa shape index (κ2) is 18.5. The Labute approximate surface area is 184 Å². The summed E-state index contributed by atoms with van der Waals surface area (Å²) in [6, 6.07) is 14.4. The first-order chi connectivity index (χ1) is 11.2. The Morgan fingerprint density at radius 1 is 0.852 bits per heavy atom. The van der Waals surface area contributed by atoms with Gasteiger partial charge in [-0.2, -0.15) is 0 Å². The molecule has 2 aromatic carbocycles. The summed E-state index contributed by atoms with van der Waals surface area (Å²) in [5.41, 5.74) is 29.6. The van der Waals surface area contributed by atoms with Crippen molar-refractivity contribution in [2.75, 3.05) is 28.8 Å². The predicted octanol–water partition coefficient (Wildman–Crippen LogP) is -1.34. The van der Waals surface area contributed by atoms with Gasteiger partial charge in [-0.25, -0.2) is 0 Å². The van der Waals surface area contributed by atoms with Crippen molar-refractivity contribution in [1.82, 2.24) is 0 Å². The van der Waals surface area contributed by atoms with E-state index in [0.29, 0.717) is 11.0 Å². The van der Waals surface area contributed by atoms with Crippen molar-refractivity contribution in [2.24, 2.45) is 11.5 Å². The first-order valence-corrected chi connectivity index (χ1v) is 8.07. The average Bonchev–Trinajstić information content (AvgIpc) is 2.53. The average molecular weight is 507 g/mol. The number of hydrogen-bond acceptors (Lipinski definition) is 6. The number of amidine groups is 1. The molecule has 0 bridgehead atoms. The molecular formula is C18H34IN7S. The van der Waals surface area contributed by atoms with E-state index in [4.69, 9.17) is 34.1 Å². The van der Waals surface area contributed by atoms with Crippen LogP contribution in [0.1, 0.15) is 14.9 Å². The lowest BCUT2D eigenvalue weighted by atomic mass is 10.3. The van der Waals surface area contributed by atoms with E-state index in [1.165, 1.54) is 11.8 Å². The van der Waals surface area contributed by atoms with Crippen LogP contribution in [0.4, 0.5) is 22.7 Å². The molecular weight excluding hydrogens is 473 g/mol. The van der Waals surface area contributed by atoms with E-state index in [1.807, 2.05) is 18.4 Å².